The molecule has 16 heavy (non-hydrogen) atoms. The van der Waals surface area contributed by atoms with Gasteiger partial charge in [0.25, 0.3) is 0 Å². The molecule has 0 aromatic carbocycles. The van der Waals surface area contributed by atoms with Gasteiger partial charge >= 0.3 is 0 Å². The lowest BCUT2D eigenvalue weighted by molar-refractivity contribution is 0.768. The zero-order chi connectivity index (χ0) is 11.4. The van der Waals surface area contributed by atoms with E-state index >= 15 is 0 Å². The smallest absolute Gasteiger partial charge is 0.148 e. The summed E-state index contributed by atoms with van der Waals surface area (Å²) < 4.78 is 1.76. The Bertz CT molecular complexity index is 463. The molecule has 5 nitrogen and oxygen atoms in total. The lowest BCUT2D eigenvalue weighted by Crippen LogP contribution is -2.04. The van der Waals surface area contributed by atoms with Gasteiger partial charge in [0.2, 0.25) is 0 Å². The van der Waals surface area contributed by atoms with Crippen LogP contribution in [0.4, 0.5) is 5.82 Å². The van der Waals surface area contributed by atoms with E-state index in [1.807, 2.05) is 31.4 Å². The molecule has 2 heterocycles. The van der Waals surface area contributed by atoms with Gasteiger partial charge in [-0.05, 0) is 17.7 Å². The fraction of sp³-hybridized carbons (Fsp3) is 0.273. The first-order chi connectivity index (χ1) is 7.78. The second kappa shape index (κ2) is 4.76. The molecular weight excluding hydrogens is 202 g/mol. The van der Waals surface area contributed by atoms with Crippen LogP contribution < -0.4 is 11.1 Å². The third kappa shape index (κ3) is 2.58. The maximum absolute atomic E-state index is 5.53. The third-order valence-corrected chi connectivity index (χ3v) is 2.28. The Morgan fingerprint density at radius 3 is 3.00 bits per heavy atom. The molecule has 0 spiro atoms. The highest BCUT2D eigenvalue weighted by atomic mass is 15.3. The molecule has 0 saturated heterocycles. The van der Waals surface area contributed by atoms with E-state index in [0.29, 0.717) is 6.54 Å². The second-order valence-corrected chi connectivity index (χ2v) is 3.59. The molecule has 84 valence electrons. The SMILES string of the molecule is Cn1ccc(NCc2ccnc(CN)c2)n1. The zero-order valence-electron chi connectivity index (χ0n) is 9.22. The number of hydrogen-bond donors (Lipinski definition) is 2. The van der Waals surface area contributed by atoms with Gasteiger partial charge in [-0.1, -0.05) is 0 Å². The zero-order valence-corrected chi connectivity index (χ0v) is 9.22. The van der Waals surface area contributed by atoms with Crippen LogP contribution in [0.1, 0.15) is 11.3 Å². The van der Waals surface area contributed by atoms with E-state index in [9.17, 15) is 0 Å². The van der Waals surface area contributed by atoms with Crippen molar-refractivity contribution in [3.05, 3.63) is 41.9 Å². The summed E-state index contributed by atoms with van der Waals surface area (Å²) in [5, 5.41) is 7.47. The first kappa shape index (κ1) is 10.6. The molecule has 0 atom stereocenters. The largest absolute Gasteiger partial charge is 0.365 e. The summed E-state index contributed by atoms with van der Waals surface area (Å²) in [6.45, 7) is 1.20. The molecule has 3 N–H and O–H groups in total. The van der Waals surface area contributed by atoms with Crippen molar-refractivity contribution in [2.45, 2.75) is 13.1 Å². The van der Waals surface area contributed by atoms with Gasteiger partial charge in [0, 0.05) is 38.6 Å². The summed E-state index contributed by atoms with van der Waals surface area (Å²) >= 11 is 0. The Balaban J connectivity index is 1.99. The Labute approximate surface area is 94.3 Å². The van der Waals surface area contributed by atoms with Crippen LogP contribution in [0.5, 0.6) is 0 Å². The fourth-order valence-electron chi connectivity index (χ4n) is 1.45. The van der Waals surface area contributed by atoms with Gasteiger partial charge in [0.1, 0.15) is 5.82 Å². The Kier molecular flexibility index (Phi) is 3.16. The number of aryl methyl sites for hydroxylation is 1. The number of rotatable bonds is 4. The van der Waals surface area contributed by atoms with E-state index in [4.69, 9.17) is 5.73 Å². The minimum atomic E-state index is 0.470. The average Bonchev–Trinajstić information content (AvgIpc) is 2.73. The van der Waals surface area contributed by atoms with E-state index in [1.165, 1.54) is 0 Å². The van der Waals surface area contributed by atoms with Crippen molar-refractivity contribution >= 4 is 5.82 Å². The van der Waals surface area contributed by atoms with Crippen molar-refractivity contribution in [1.29, 1.82) is 0 Å². The number of nitrogens with two attached hydrogens (primary N) is 1. The lowest BCUT2D eigenvalue weighted by atomic mass is 10.2. The fourth-order valence-corrected chi connectivity index (χ4v) is 1.45. The predicted octanol–water partition coefficient (Wildman–Crippen LogP) is 0.886. The van der Waals surface area contributed by atoms with Crippen molar-refractivity contribution in [3.8, 4) is 0 Å². The topological polar surface area (TPSA) is 68.8 Å². The maximum atomic E-state index is 5.53. The van der Waals surface area contributed by atoms with Crippen molar-refractivity contribution < 1.29 is 0 Å². The summed E-state index contributed by atoms with van der Waals surface area (Å²) in [6, 6.07) is 5.90. The molecule has 0 aliphatic rings. The van der Waals surface area contributed by atoms with Crippen molar-refractivity contribution in [2.75, 3.05) is 5.32 Å². The lowest BCUT2D eigenvalue weighted by Gasteiger charge is -2.04. The standard InChI is InChI=1S/C11H15N5/c1-16-5-3-11(15-16)14-8-9-2-4-13-10(6-9)7-12/h2-6H,7-8,12H2,1H3,(H,14,15). The van der Waals surface area contributed by atoms with Gasteiger partial charge in [0.05, 0.1) is 5.69 Å². The summed E-state index contributed by atoms with van der Waals surface area (Å²) in [5.74, 6) is 0.869. The van der Waals surface area contributed by atoms with Gasteiger partial charge in [-0.25, -0.2) is 0 Å². The number of pyridine rings is 1. The molecule has 0 aliphatic carbocycles. The molecule has 0 unspecified atom stereocenters. The molecule has 0 aliphatic heterocycles. The van der Waals surface area contributed by atoms with Crippen LogP contribution in [0.2, 0.25) is 0 Å². The molecular formula is C11H15N5. The van der Waals surface area contributed by atoms with Crippen molar-refractivity contribution in [3.63, 3.8) is 0 Å². The number of anilines is 1. The number of nitrogens with one attached hydrogen (secondary N) is 1. The second-order valence-electron chi connectivity index (χ2n) is 3.59. The highest BCUT2D eigenvalue weighted by Crippen LogP contribution is 2.06. The van der Waals surface area contributed by atoms with Gasteiger partial charge in [-0.2, -0.15) is 5.10 Å². The van der Waals surface area contributed by atoms with Crippen LogP contribution in [0.25, 0.3) is 0 Å². The van der Waals surface area contributed by atoms with Crippen LogP contribution in [0, 0.1) is 0 Å². The van der Waals surface area contributed by atoms with Crippen LogP contribution in [-0.4, -0.2) is 14.8 Å². The summed E-state index contributed by atoms with van der Waals surface area (Å²) in [4.78, 5) is 4.14. The minimum absolute atomic E-state index is 0.470. The number of aromatic nitrogens is 3. The molecule has 2 aromatic rings. The molecule has 2 aromatic heterocycles. The summed E-state index contributed by atoms with van der Waals surface area (Å²) in [6.07, 6.45) is 3.68. The van der Waals surface area contributed by atoms with Crippen molar-refractivity contribution in [2.24, 2.45) is 12.8 Å². The minimum Gasteiger partial charge on any atom is -0.365 e. The quantitative estimate of drug-likeness (QED) is 0.798. The third-order valence-electron chi connectivity index (χ3n) is 2.28. The molecule has 5 heteroatoms. The molecule has 0 bridgehead atoms. The molecule has 0 fully saturated rings. The number of hydrogen-bond acceptors (Lipinski definition) is 4. The van der Waals surface area contributed by atoms with Crippen LogP contribution in [-0.2, 0) is 20.1 Å². The number of nitrogens with zero attached hydrogens (tertiary/aromatic N) is 3. The van der Waals surface area contributed by atoms with E-state index in [2.05, 4.69) is 15.4 Å². The van der Waals surface area contributed by atoms with Crippen LogP contribution in [0.3, 0.4) is 0 Å². The van der Waals surface area contributed by atoms with E-state index in [1.54, 1.807) is 10.9 Å². The van der Waals surface area contributed by atoms with Gasteiger partial charge < -0.3 is 11.1 Å². The van der Waals surface area contributed by atoms with Crippen molar-refractivity contribution in [1.82, 2.24) is 14.8 Å². The highest BCUT2D eigenvalue weighted by Gasteiger charge is 1.98. The Morgan fingerprint density at radius 1 is 1.44 bits per heavy atom. The molecule has 0 amide bonds. The van der Waals surface area contributed by atoms with Crippen LogP contribution in [0.15, 0.2) is 30.6 Å². The summed E-state index contributed by atoms with van der Waals surface area (Å²) in [7, 11) is 1.89. The van der Waals surface area contributed by atoms with Gasteiger partial charge in [0.15, 0.2) is 0 Å². The Hall–Kier alpha value is -1.88. The molecule has 0 saturated carbocycles. The first-order valence-electron chi connectivity index (χ1n) is 5.15. The van der Waals surface area contributed by atoms with E-state index in [-0.39, 0.29) is 0 Å². The normalized spacial score (nSPS) is 10.4. The maximum Gasteiger partial charge on any atom is 0.148 e. The Morgan fingerprint density at radius 2 is 2.31 bits per heavy atom. The van der Waals surface area contributed by atoms with E-state index < -0.39 is 0 Å². The monoisotopic (exact) mass is 217 g/mol. The summed E-state index contributed by atoms with van der Waals surface area (Å²) in [5.41, 5.74) is 7.59. The van der Waals surface area contributed by atoms with E-state index in [0.717, 1.165) is 23.6 Å². The molecule has 2 rings (SSSR count). The highest BCUT2D eigenvalue weighted by molar-refractivity contribution is 5.33. The predicted molar refractivity (Wildman–Crippen MR) is 62.7 cm³/mol. The molecule has 0 radical (unpaired) electrons. The average molecular weight is 217 g/mol. The van der Waals surface area contributed by atoms with Gasteiger partial charge in [-0.3, -0.25) is 9.67 Å². The van der Waals surface area contributed by atoms with Gasteiger partial charge in [-0.15, -0.1) is 0 Å². The first-order valence-corrected chi connectivity index (χ1v) is 5.15. The van der Waals surface area contributed by atoms with Crippen LogP contribution >= 0.6 is 0 Å².